The predicted octanol–water partition coefficient (Wildman–Crippen LogP) is -5.65. The number of nitrogens with two attached hydrogens (primary N) is 1. The predicted molar refractivity (Wildman–Crippen MR) is 254 cm³/mol. The van der Waals surface area contributed by atoms with Gasteiger partial charge in [-0.1, -0.05) is 51.9 Å². The first-order valence-electron chi connectivity index (χ1n) is 21.6. The molecule has 10 amide bonds. The molecule has 2 saturated heterocycles. The highest BCUT2D eigenvalue weighted by atomic mass is 33.1. The van der Waals surface area contributed by atoms with Crippen molar-refractivity contribution in [3.8, 4) is 0 Å². The van der Waals surface area contributed by atoms with E-state index in [4.69, 9.17) is 11.1 Å². The Balaban J connectivity index is 2.16. The molecule has 0 unspecified atom stereocenters. The van der Waals surface area contributed by atoms with Crippen LogP contribution in [0.1, 0.15) is 38.2 Å². The van der Waals surface area contributed by atoms with Crippen LogP contribution in [-0.4, -0.2) is 179 Å². The standard InChI is InChI=1S/C40H57N13O14S3/c1-2-43-28(54)14-45-34(62)25-16-68-19-30(56)48-24(13-32(59)60)37(65)52-26-17-69-70-18-27(39(67)50-22(35(63)51-25)11-20-7-4-3-5-8-20)53-36(64)23(12-31(57)58)47-29(55)15-46-33(61)21(49-38(26)66)9-6-10-44-40(41)42/h3-5,7-8,21-27H,2,6,9-19H2,1H3,(H,43,54)(H,45,62)(H,46,61)(H,47,55)(H,48,56)(H,49,66)(H,50,67)(H,51,63)(H,52,65)(H,53,64)(H,57,58)(H,59,60)(H4,41,42,44)/t21-,22-,23-,24-,25-,26-,27-/m0/s1. The number of guanidine groups is 1. The summed E-state index contributed by atoms with van der Waals surface area (Å²) in [6, 6.07) is -2.95. The SMILES string of the molecule is CCNC(=O)CNC(=O)[C@@H]1CSCC(=O)N[C@@H](CC(=O)O)C(=O)N[C@H]2CSSC[C@H](NC(=O)[C@H](CC(=O)O)NC(=O)CNC(=O)[C@H](CCCNC(=N)N)NC2=O)C(=O)N[C@@H](Cc2ccccc2)C(=O)N1. The molecule has 2 heterocycles. The Morgan fingerprint density at radius 3 is 1.79 bits per heavy atom. The van der Waals surface area contributed by atoms with E-state index in [0.29, 0.717) is 5.56 Å². The second-order valence-electron chi connectivity index (χ2n) is 15.4. The minimum absolute atomic E-state index is 0.0565. The molecule has 0 radical (unpaired) electrons. The lowest BCUT2D eigenvalue weighted by Gasteiger charge is -2.27. The number of hydrogen-bond donors (Lipinski definition) is 15. The van der Waals surface area contributed by atoms with Crippen LogP contribution in [-0.2, 0) is 64.0 Å². The van der Waals surface area contributed by atoms with Gasteiger partial charge in [0.15, 0.2) is 5.96 Å². The summed E-state index contributed by atoms with van der Waals surface area (Å²) in [5, 5.41) is 53.4. The fourth-order valence-electron chi connectivity index (χ4n) is 6.36. The topological polar surface area (TPSA) is 427 Å². The number of rotatable bonds is 14. The molecule has 0 aromatic heterocycles. The molecular formula is C40H57N13O14S3. The van der Waals surface area contributed by atoms with Gasteiger partial charge in [0.05, 0.1) is 31.7 Å². The van der Waals surface area contributed by atoms with Crippen molar-refractivity contribution in [2.75, 3.05) is 49.2 Å². The number of aliphatic carboxylic acids is 2. The molecule has 30 heteroatoms. The summed E-state index contributed by atoms with van der Waals surface area (Å²) in [7, 11) is 1.69. The van der Waals surface area contributed by atoms with Crippen LogP contribution in [0.3, 0.4) is 0 Å². The van der Waals surface area contributed by atoms with E-state index in [1.165, 1.54) is 0 Å². The highest BCUT2D eigenvalue weighted by Crippen LogP contribution is 2.24. The number of carboxylic acids is 2. The van der Waals surface area contributed by atoms with E-state index in [2.05, 4.69) is 58.5 Å². The number of carbonyl (C=O) groups is 12. The Kier molecular flexibility index (Phi) is 24.6. The number of benzene rings is 1. The van der Waals surface area contributed by atoms with Crippen LogP contribution < -0.4 is 64.2 Å². The Morgan fingerprint density at radius 2 is 1.23 bits per heavy atom. The second kappa shape index (κ2) is 29.9. The minimum atomic E-state index is -1.82. The van der Waals surface area contributed by atoms with Gasteiger partial charge in [-0.3, -0.25) is 62.9 Å². The Morgan fingerprint density at radius 1 is 0.671 bits per heavy atom. The zero-order valence-corrected chi connectivity index (χ0v) is 40.2. The van der Waals surface area contributed by atoms with Crippen molar-refractivity contribution in [1.82, 2.24) is 58.5 Å². The van der Waals surface area contributed by atoms with Crippen molar-refractivity contribution in [3.63, 3.8) is 0 Å². The van der Waals surface area contributed by atoms with Crippen molar-refractivity contribution in [2.24, 2.45) is 5.73 Å². The molecule has 2 aliphatic rings. The molecule has 1 aromatic rings. The van der Waals surface area contributed by atoms with Gasteiger partial charge in [0, 0.05) is 36.8 Å². The number of fused-ring (bicyclic) bond motifs is 5. The third-order valence-electron chi connectivity index (χ3n) is 9.78. The molecular weight excluding hydrogens is 983 g/mol. The molecule has 2 fully saturated rings. The summed E-state index contributed by atoms with van der Waals surface area (Å²) in [5.74, 6) is -14.7. The highest BCUT2D eigenvalue weighted by molar-refractivity contribution is 8.76. The molecule has 0 aliphatic carbocycles. The molecule has 3 rings (SSSR count). The molecule has 7 atom stereocenters. The van der Waals surface area contributed by atoms with Gasteiger partial charge in [-0.05, 0) is 25.3 Å². The van der Waals surface area contributed by atoms with Gasteiger partial charge in [0.2, 0.25) is 59.1 Å². The fourth-order valence-corrected chi connectivity index (χ4v) is 9.54. The summed E-state index contributed by atoms with van der Waals surface area (Å²) in [5.41, 5.74) is 5.88. The zero-order chi connectivity index (χ0) is 51.8. The van der Waals surface area contributed by atoms with Crippen LogP contribution in [0.4, 0.5) is 0 Å². The summed E-state index contributed by atoms with van der Waals surface area (Å²) < 4.78 is 0. The van der Waals surface area contributed by atoms with Gasteiger partial charge < -0.3 is 74.4 Å². The molecule has 0 saturated carbocycles. The van der Waals surface area contributed by atoms with Crippen molar-refractivity contribution in [2.45, 2.75) is 81.3 Å². The fraction of sp³-hybridized carbons (Fsp3) is 0.525. The monoisotopic (exact) mass is 1040 g/mol. The lowest BCUT2D eigenvalue weighted by Crippen LogP contribution is -2.60. The van der Waals surface area contributed by atoms with Gasteiger partial charge in [-0.25, -0.2) is 0 Å². The molecule has 1 aromatic carbocycles. The highest BCUT2D eigenvalue weighted by Gasteiger charge is 2.35. The third-order valence-corrected chi connectivity index (χ3v) is 13.2. The van der Waals surface area contributed by atoms with Crippen LogP contribution in [0.5, 0.6) is 0 Å². The number of carboxylic acid groups (broad SMARTS) is 2. The van der Waals surface area contributed by atoms with E-state index >= 15 is 0 Å². The van der Waals surface area contributed by atoms with E-state index < -0.39 is 145 Å². The maximum atomic E-state index is 14.3. The first-order valence-corrected chi connectivity index (χ1v) is 25.2. The number of nitrogens with one attached hydrogen (secondary N) is 12. The van der Waals surface area contributed by atoms with E-state index in [9.17, 15) is 67.7 Å². The quantitative estimate of drug-likeness (QED) is 0.0357. The van der Waals surface area contributed by atoms with Gasteiger partial charge in [0.1, 0.15) is 42.3 Å². The summed E-state index contributed by atoms with van der Waals surface area (Å²) in [6.45, 7) is 0.581. The molecule has 2 bridgehead atoms. The summed E-state index contributed by atoms with van der Waals surface area (Å²) >= 11 is 0.765. The average Bonchev–Trinajstić information content (AvgIpc) is 3.29. The maximum absolute atomic E-state index is 14.3. The first kappa shape index (κ1) is 57.5. The van der Waals surface area contributed by atoms with E-state index in [0.717, 1.165) is 33.3 Å². The number of likely N-dealkylation sites (N-methyl/N-ethyl adjacent to an activating group) is 1. The number of amides is 10. The number of hydrogen-bond acceptors (Lipinski definition) is 16. The van der Waals surface area contributed by atoms with Gasteiger partial charge in [-0.15, -0.1) is 11.8 Å². The van der Waals surface area contributed by atoms with Crippen molar-refractivity contribution in [1.29, 1.82) is 5.41 Å². The maximum Gasteiger partial charge on any atom is 0.305 e. The normalized spacial score (nSPS) is 23.8. The third kappa shape index (κ3) is 21.2. The van der Waals surface area contributed by atoms with Crippen molar-refractivity contribution >= 4 is 110 Å². The molecule has 0 spiro atoms. The zero-order valence-electron chi connectivity index (χ0n) is 37.7. The Bertz CT molecular complexity index is 2110. The number of carbonyl (C=O) groups excluding carboxylic acids is 10. The Hall–Kier alpha value is -6.82. The largest absolute Gasteiger partial charge is 0.481 e. The van der Waals surface area contributed by atoms with E-state index in [1.807, 2.05) is 0 Å². The molecule has 2 aliphatic heterocycles. The molecule has 27 nitrogen and oxygen atoms in total. The first-order chi connectivity index (χ1) is 33.3. The van der Waals surface area contributed by atoms with E-state index in [1.54, 1.807) is 37.3 Å². The lowest BCUT2D eigenvalue weighted by atomic mass is 10.0. The average molecular weight is 1040 g/mol. The van der Waals surface area contributed by atoms with Crippen molar-refractivity contribution < 1.29 is 67.7 Å². The van der Waals surface area contributed by atoms with Gasteiger partial charge >= 0.3 is 11.9 Å². The van der Waals surface area contributed by atoms with Crippen molar-refractivity contribution in [3.05, 3.63) is 35.9 Å². The Labute approximate surface area is 412 Å². The van der Waals surface area contributed by atoms with Gasteiger partial charge in [0.25, 0.3) is 0 Å². The van der Waals surface area contributed by atoms with Crippen LogP contribution >= 0.6 is 33.3 Å². The smallest absolute Gasteiger partial charge is 0.305 e. The second-order valence-corrected chi connectivity index (χ2v) is 19.0. The molecule has 384 valence electrons. The van der Waals surface area contributed by atoms with Crippen LogP contribution in [0.15, 0.2) is 30.3 Å². The van der Waals surface area contributed by atoms with Gasteiger partial charge in [-0.2, -0.15) is 0 Å². The molecule has 16 N–H and O–H groups in total. The lowest BCUT2D eigenvalue weighted by molar-refractivity contribution is -0.141. The van der Waals surface area contributed by atoms with Crippen LogP contribution in [0.25, 0.3) is 0 Å². The molecule has 70 heavy (non-hydrogen) atoms. The van der Waals surface area contributed by atoms with Crippen LogP contribution in [0.2, 0.25) is 0 Å². The summed E-state index contributed by atoms with van der Waals surface area (Å²) in [6.07, 6.45) is -2.19. The number of thioether (sulfide) groups is 1. The summed E-state index contributed by atoms with van der Waals surface area (Å²) in [4.78, 5) is 160. The van der Waals surface area contributed by atoms with E-state index in [-0.39, 0.29) is 55.6 Å². The van der Waals surface area contributed by atoms with Crippen LogP contribution in [0, 0.1) is 5.41 Å². The minimum Gasteiger partial charge on any atom is -0.481 e.